The molecule has 2 nitrogen and oxygen atoms in total. The van der Waals surface area contributed by atoms with Crippen LogP contribution in [0.5, 0.6) is 0 Å². The molecule has 12 heavy (non-hydrogen) atoms. The molecule has 1 saturated carbocycles. The van der Waals surface area contributed by atoms with Gasteiger partial charge in [-0.15, -0.1) is 0 Å². The fourth-order valence-electron chi connectivity index (χ4n) is 2.51. The molecular weight excluding hydrogens is 150 g/mol. The van der Waals surface area contributed by atoms with Gasteiger partial charge in [-0.2, -0.15) is 0 Å². The first-order valence-corrected chi connectivity index (χ1v) is 4.58. The summed E-state index contributed by atoms with van der Waals surface area (Å²) < 4.78 is 5.59. The van der Waals surface area contributed by atoms with Crippen LogP contribution in [-0.4, -0.2) is 6.04 Å². The lowest BCUT2D eigenvalue weighted by Gasteiger charge is -2.12. The van der Waals surface area contributed by atoms with E-state index in [1.165, 1.54) is 18.4 Å². The van der Waals surface area contributed by atoms with Crippen molar-refractivity contribution in [2.45, 2.75) is 37.6 Å². The summed E-state index contributed by atoms with van der Waals surface area (Å²) in [7, 11) is 0. The predicted molar refractivity (Wildman–Crippen MR) is 46.0 cm³/mol. The average Bonchev–Trinajstić information content (AvgIpc) is 2.68. The molecule has 1 aromatic heterocycles. The number of furan rings is 1. The van der Waals surface area contributed by atoms with Crippen molar-refractivity contribution in [2.75, 3.05) is 0 Å². The van der Waals surface area contributed by atoms with E-state index in [0.717, 1.165) is 17.9 Å². The second-order valence-corrected chi connectivity index (χ2v) is 4.16. The van der Waals surface area contributed by atoms with Crippen molar-refractivity contribution in [1.82, 2.24) is 0 Å². The molecule has 1 unspecified atom stereocenters. The SMILES string of the molecule is Cc1cc2c(o1)CC(N)C21CC1. The topological polar surface area (TPSA) is 39.2 Å². The molecule has 1 spiro atoms. The molecule has 1 aromatic rings. The molecule has 0 aliphatic heterocycles. The number of hydrogen-bond acceptors (Lipinski definition) is 2. The van der Waals surface area contributed by atoms with Crippen LogP contribution >= 0.6 is 0 Å². The average molecular weight is 163 g/mol. The summed E-state index contributed by atoms with van der Waals surface area (Å²) in [5.74, 6) is 2.19. The van der Waals surface area contributed by atoms with Crippen LogP contribution in [-0.2, 0) is 11.8 Å². The van der Waals surface area contributed by atoms with E-state index in [4.69, 9.17) is 10.2 Å². The highest BCUT2D eigenvalue weighted by Crippen LogP contribution is 2.56. The molecule has 1 fully saturated rings. The Hall–Kier alpha value is -0.760. The van der Waals surface area contributed by atoms with E-state index in [1.54, 1.807) is 0 Å². The van der Waals surface area contributed by atoms with E-state index < -0.39 is 0 Å². The number of rotatable bonds is 0. The first-order valence-electron chi connectivity index (χ1n) is 4.58. The smallest absolute Gasteiger partial charge is 0.109 e. The van der Waals surface area contributed by atoms with Gasteiger partial charge in [0.15, 0.2) is 0 Å². The Labute approximate surface area is 71.7 Å². The highest BCUT2D eigenvalue weighted by Gasteiger charge is 2.55. The van der Waals surface area contributed by atoms with Gasteiger partial charge in [0.25, 0.3) is 0 Å². The largest absolute Gasteiger partial charge is 0.466 e. The van der Waals surface area contributed by atoms with Crippen LogP contribution in [0.15, 0.2) is 10.5 Å². The molecule has 0 saturated heterocycles. The summed E-state index contributed by atoms with van der Waals surface area (Å²) in [5, 5.41) is 0. The van der Waals surface area contributed by atoms with Gasteiger partial charge in [0.05, 0.1) is 0 Å². The van der Waals surface area contributed by atoms with Gasteiger partial charge in [-0.1, -0.05) is 0 Å². The number of fused-ring (bicyclic) bond motifs is 2. The Morgan fingerprint density at radius 1 is 1.58 bits per heavy atom. The summed E-state index contributed by atoms with van der Waals surface area (Å²) in [6, 6.07) is 2.50. The van der Waals surface area contributed by atoms with Crippen molar-refractivity contribution in [3.05, 3.63) is 23.2 Å². The van der Waals surface area contributed by atoms with Crippen molar-refractivity contribution in [3.63, 3.8) is 0 Å². The third-order valence-corrected chi connectivity index (χ3v) is 3.37. The number of nitrogens with two attached hydrogens (primary N) is 1. The Balaban J connectivity index is 2.17. The summed E-state index contributed by atoms with van der Waals surface area (Å²) in [6.07, 6.45) is 3.48. The van der Waals surface area contributed by atoms with Gasteiger partial charge >= 0.3 is 0 Å². The zero-order valence-electron chi connectivity index (χ0n) is 7.26. The minimum Gasteiger partial charge on any atom is -0.466 e. The molecule has 2 heteroatoms. The monoisotopic (exact) mass is 163 g/mol. The first kappa shape index (κ1) is 6.72. The van der Waals surface area contributed by atoms with Crippen LogP contribution in [0.3, 0.4) is 0 Å². The second-order valence-electron chi connectivity index (χ2n) is 4.16. The van der Waals surface area contributed by atoms with Gasteiger partial charge in [0.2, 0.25) is 0 Å². The van der Waals surface area contributed by atoms with Gasteiger partial charge in [-0.05, 0) is 25.8 Å². The second kappa shape index (κ2) is 1.77. The highest BCUT2D eigenvalue weighted by molar-refractivity contribution is 5.43. The fraction of sp³-hybridized carbons (Fsp3) is 0.600. The van der Waals surface area contributed by atoms with Crippen LogP contribution < -0.4 is 5.73 Å². The van der Waals surface area contributed by atoms with Crippen LogP contribution in [0.25, 0.3) is 0 Å². The quantitative estimate of drug-likeness (QED) is 0.629. The molecule has 2 aliphatic carbocycles. The van der Waals surface area contributed by atoms with E-state index in [9.17, 15) is 0 Å². The van der Waals surface area contributed by atoms with Gasteiger partial charge in [-0.25, -0.2) is 0 Å². The minimum atomic E-state index is 0.326. The highest BCUT2D eigenvalue weighted by atomic mass is 16.3. The normalized spacial score (nSPS) is 29.3. The maximum atomic E-state index is 6.06. The van der Waals surface area contributed by atoms with Gasteiger partial charge in [0, 0.05) is 23.4 Å². The molecule has 1 heterocycles. The summed E-state index contributed by atoms with van der Waals surface area (Å²) >= 11 is 0. The summed E-state index contributed by atoms with van der Waals surface area (Å²) in [5.41, 5.74) is 7.81. The maximum absolute atomic E-state index is 6.06. The third-order valence-electron chi connectivity index (χ3n) is 3.37. The molecule has 64 valence electrons. The molecule has 0 radical (unpaired) electrons. The van der Waals surface area contributed by atoms with Crippen LogP contribution in [0.1, 0.15) is 29.9 Å². The lowest BCUT2D eigenvalue weighted by atomic mass is 9.96. The Morgan fingerprint density at radius 2 is 2.33 bits per heavy atom. The first-order chi connectivity index (χ1) is 5.72. The van der Waals surface area contributed by atoms with E-state index in [2.05, 4.69) is 6.07 Å². The number of hydrogen-bond donors (Lipinski definition) is 1. The van der Waals surface area contributed by atoms with E-state index in [1.807, 2.05) is 6.92 Å². The molecule has 1 atom stereocenters. The maximum Gasteiger partial charge on any atom is 0.109 e. The third kappa shape index (κ3) is 0.604. The zero-order chi connectivity index (χ0) is 8.34. The predicted octanol–water partition coefficient (Wildman–Crippen LogP) is 1.50. The van der Waals surface area contributed by atoms with Crippen molar-refractivity contribution in [3.8, 4) is 0 Å². The van der Waals surface area contributed by atoms with Crippen molar-refractivity contribution < 1.29 is 4.42 Å². The zero-order valence-corrected chi connectivity index (χ0v) is 7.26. The Bertz CT molecular complexity index is 336. The van der Waals surface area contributed by atoms with Crippen LogP contribution in [0, 0.1) is 6.92 Å². The summed E-state index contributed by atoms with van der Waals surface area (Å²) in [4.78, 5) is 0. The van der Waals surface area contributed by atoms with Gasteiger partial charge in [0.1, 0.15) is 11.5 Å². The lowest BCUT2D eigenvalue weighted by molar-refractivity contribution is 0.470. The summed E-state index contributed by atoms with van der Waals surface area (Å²) in [6.45, 7) is 2.01. The minimum absolute atomic E-state index is 0.326. The van der Waals surface area contributed by atoms with Crippen LogP contribution in [0.2, 0.25) is 0 Å². The Kier molecular flexibility index (Phi) is 0.990. The lowest BCUT2D eigenvalue weighted by Crippen LogP contribution is -2.30. The van der Waals surface area contributed by atoms with Crippen molar-refractivity contribution >= 4 is 0 Å². The van der Waals surface area contributed by atoms with Gasteiger partial charge in [-0.3, -0.25) is 0 Å². The molecule has 0 bridgehead atoms. The van der Waals surface area contributed by atoms with Crippen molar-refractivity contribution in [2.24, 2.45) is 5.73 Å². The van der Waals surface area contributed by atoms with E-state index in [0.29, 0.717) is 11.5 Å². The van der Waals surface area contributed by atoms with Crippen molar-refractivity contribution in [1.29, 1.82) is 0 Å². The molecule has 0 aromatic carbocycles. The fourth-order valence-corrected chi connectivity index (χ4v) is 2.51. The van der Waals surface area contributed by atoms with Crippen LogP contribution in [0.4, 0.5) is 0 Å². The molecule has 2 aliphatic rings. The Morgan fingerprint density at radius 3 is 3.00 bits per heavy atom. The molecule has 3 rings (SSSR count). The standard InChI is InChI=1S/C10H13NO/c1-6-4-7-8(12-6)5-9(11)10(7)2-3-10/h4,9H,2-3,5,11H2,1H3. The van der Waals surface area contributed by atoms with Gasteiger partial charge < -0.3 is 10.2 Å². The molecular formula is C10H13NO. The van der Waals surface area contributed by atoms with E-state index >= 15 is 0 Å². The molecule has 2 N–H and O–H groups in total. The van der Waals surface area contributed by atoms with E-state index in [-0.39, 0.29) is 0 Å². The number of aryl methyl sites for hydroxylation is 1. The molecule has 0 amide bonds.